The highest BCUT2D eigenvalue weighted by atomic mass is 16.5. The minimum atomic E-state index is -0.815. The zero-order chi connectivity index (χ0) is 15.9. The summed E-state index contributed by atoms with van der Waals surface area (Å²) in [6, 6.07) is 8.65. The standard InChI is InChI=1S/C15H19N3O4/c1-10-4-3-5-13(6-10)21-9-12(19)8-16-15(20)17-14-7-11(2)22-18-14/h3-7,12,19H,8-9H2,1-2H3,(H2,16,17,18,20)/t12-/m1/s1. The van der Waals surface area contributed by atoms with Gasteiger partial charge in [-0.2, -0.15) is 0 Å². The number of carbonyl (C=O) groups excluding carboxylic acids is 1. The van der Waals surface area contributed by atoms with Crippen molar-refractivity contribution in [2.45, 2.75) is 20.0 Å². The van der Waals surface area contributed by atoms with E-state index in [2.05, 4.69) is 15.8 Å². The molecule has 1 aromatic carbocycles. The Morgan fingerprint density at radius 1 is 1.41 bits per heavy atom. The van der Waals surface area contributed by atoms with Crippen molar-refractivity contribution in [2.24, 2.45) is 0 Å². The predicted molar refractivity (Wildman–Crippen MR) is 80.9 cm³/mol. The number of aromatic nitrogens is 1. The second-order valence-electron chi connectivity index (χ2n) is 4.94. The lowest BCUT2D eigenvalue weighted by Crippen LogP contribution is -2.37. The van der Waals surface area contributed by atoms with Crippen molar-refractivity contribution >= 4 is 11.8 Å². The number of aliphatic hydroxyl groups excluding tert-OH is 1. The van der Waals surface area contributed by atoms with Gasteiger partial charge in [0.1, 0.15) is 24.2 Å². The lowest BCUT2D eigenvalue weighted by atomic mass is 10.2. The van der Waals surface area contributed by atoms with Crippen LogP contribution in [0.5, 0.6) is 5.75 Å². The van der Waals surface area contributed by atoms with Gasteiger partial charge in [0.25, 0.3) is 0 Å². The molecule has 0 bridgehead atoms. The minimum Gasteiger partial charge on any atom is -0.491 e. The summed E-state index contributed by atoms with van der Waals surface area (Å²) in [6.07, 6.45) is -0.815. The van der Waals surface area contributed by atoms with Crippen molar-refractivity contribution in [3.8, 4) is 5.75 Å². The lowest BCUT2D eigenvalue weighted by molar-refractivity contribution is 0.108. The minimum absolute atomic E-state index is 0.0640. The average Bonchev–Trinajstić information content (AvgIpc) is 2.88. The van der Waals surface area contributed by atoms with Crippen molar-refractivity contribution < 1.29 is 19.2 Å². The zero-order valence-corrected chi connectivity index (χ0v) is 12.5. The van der Waals surface area contributed by atoms with Crippen molar-refractivity contribution in [3.63, 3.8) is 0 Å². The molecular formula is C15H19N3O4. The average molecular weight is 305 g/mol. The summed E-state index contributed by atoms with van der Waals surface area (Å²) in [6.45, 7) is 3.84. The summed E-state index contributed by atoms with van der Waals surface area (Å²) in [5.74, 6) is 1.60. The number of rotatable bonds is 6. The maximum Gasteiger partial charge on any atom is 0.320 e. The molecule has 7 heteroatoms. The summed E-state index contributed by atoms with van der Waals surface area (Å²) in [4.78, 5) is 11.6. The fraction of sp³-hybridized carbons (Fsp3) is 0.333. The van der Waals surface area contributed by atoms with Crippen LogP contribution in [0.25, 0.3) is 0 Å². The number of urea groups is 1. The van der Waals surface area contributed by atoms with Gasteiger partial charge < -0.3 is 19.7 Å². The van der Waals surface area contributed by atoms with E-state index in [1.54, 1.807) is 13.0 Å². The third kappa shape index (κ3) is 5.10. The molecule has 0 aliphatic carbocycles. The number of anilines is 1. The lowest BCUT2D eigenvalue weighted by Gasteiger charge is -2.13. The Hall–Kier alpha value is -2.54. The Bertz CT molecular complexity index is 627. The van der Waals surface area contributed by atoms with Gasteiger partial charge >= 0.3 is 6.03 Å². The van der Waals surface area contributed by atoms with Crippen LogP contribution in [-0.4, -0.2) is 35.5 Å². The number of benzene rings is 1. The van der Waals surface area contributed by atoms with E-state index in [0.717, 1.165) is 5.56 Å². The number of aliphatic hydroxyl groups is 1. The summed E-state index contributed by atoms with van der Waals surface area (Å²) in [7, 11) is 0. The normalized spacial score (nSPS) is 11.8. The fourth-order valence-electron chi connectivity index (χ4n) is 1.75. The molecular weight excluding hydrogens is 286 g/mol. The molecule has 0 spiro atoms. The topological polar surface area (TPSA) is 96.6 Å². The summed E-state index contributed by atoms with van der Waals surface area (Å²) >= 11 is 0. The highest BCUT2D eigenvalue weighted by molar-refractivity contribution is 5.88. The van der Waals surface area contributed by atoms with E-state index in [1.807, 2.05) is 31.2 Å². The molecule has 0 saturated carbocycles. The van der Waals surface area contributed by atoms with E-state index < -0.39 is 12.1 Å². The number of hydrogen-bond donors (Lipinski definition) is 3. The molecule has 2 aromatic rings. The first kappa shape index (κ1) is 15.8. The molecule has 1 atom stereocenters. The van der Waals surface area contributed by atoms with Crippen LogP contribution in [0.4, 0.5) is 10.6 Å². The van der Waals surface area contributed by atoms with Gasteiger partial charge in [0.2, 0.25) is 0 Å². The molecule has 1 heterocycles. The van der Waals surface area contributed by atoms with Gasteiger partial charge in [-0.25, -0.2) is 4.79 Å². The fourth-order valence-corrected chi connectivity index (χ4v) is 1.75. The largest absolute Gasteiger partial charge is 0.491 e. The molecule has 0 fully saturated rings. The van der Waals surface area contributed by atoms with Crippen molar-refractivity contribution in [1.82, 2.24) is 10.5 Å². The highest BCUT2D eigenvalue weighted by Gasteiger charge is 2.09. The second-order valence-corrected chi connectivity index (χ2v) is 4.94. The summed E-state index contributed by atoms with van der Waals surface area (Å²) < 4.78 is 10.3. The van der Waals surface area contributed by atoms with E-state index in [4.69, 9.17) is 9.26 Å². The summed E-state index contributed by atoms with van der Waals surface area (Å²) in [5.41, 5.74) is 1.08. The molecule has 7 nitrogen and oxygen atoms in total. The molecule has 0 saturated heterocycles. The van der Waals surface area contributed by atoms with Crippen molar-refractivity contribution in [3.05, 3.63) is 41.7 Å². The SMILES string of the molecule is Cc1cccc(OC[C@H](O)CNC(=O)Nc2cc(C)on2)c1. The number of nitrogens with one attached hydrogen (secondary N) is 2. The van der Waals surface area contributed by atoms with E-state index in [1.165, 1.54) is 0 Å². The third-order valence-electron chi connectivity index (χ3n) is 2.80. The first-order chi connectivity index (χ1) is 10.5. The molecule has 3 N–H and O–H groups in total. The second kappa shape index (κ2) is 7.46. The Morgan fingerprint density at radius 2 is 2.23 bits per heavy atom. The highest BCUT2D eigenvalue weighted by Crippen LogP contribution is 2.12. The smallest absolute Gasteiger partial charge is 0.320 e. The molecule has 118 valence electrons. The molecule has 0 radical (unpaired) electrons. The third-order valence-corrected chi connectivity index (χ3v) is 2.80. The summed E-state index contributed by atoms with van der Waals surface area (Å²) in [5, 5.41) is 18.4. The molecule has 2 amide bonds. The van der Waals surface area contributed by atoms with E-state index in [-0.39, 0.29) is 13.2 Å². The maximum absolute atomic E-state index is 11.6. The van der Waals surface area contributed by atoms with Gasteiger partial charge in [-0.15, -0.1) is 0 Å². The number of amides is 2. The van der Waals surface area contributed by atoms with Gasteiger partial charge in [0, 0.05) is 12.6 Å². The molecule has 22 heavy (non-hydrogen) atoms. The van der Waals surface area contributed by atoms with Gasteiger partial charge in [-0.05, 0) is 31.5 Å². The number of hydrogen-bond acceptors (Lipinski definition) is 5. The van der Waals surface area contributed by atoms with Crippen LogP contribution in [0.2, 0.25) is 0 Å². The zero-order valence-electron chi connectivity index (χ0n) is 12.5. The Morgan fingerprint density at radius 3 is 2.91 bits per heavy atom. The maximum atomic E-state index is 11.6. The van der Waals surface area contributed by atoms with Crippen molar-refractivity contribution in [2.75, 3.05) is 18.5 Å². The number of carbonyl (C=O) groups is 1. The first-order valence-corrected chi connectivity index (χ1v) is 6.88. The van der Waals surface area contributed by atoms with Gasteiger partial charge in [-0.3, -0.25) is 5.32 Å². The van der Waals surface area contributed by atoms with Gasteiger partial charge in [0.15, 0.2) is 5.82 Å². The molecule has 2 rings (SSSR count). The van der Waals surface area contributed by atoms with Crippen LogP contribution in [0.1, 0.15) is 11.3 Å². The van der Waals surface area contributed by atoms with Crippen LogP contribution >= 0.6 is 0 Å². The Labute approximate surface area is 128 Å². The van der Waals surface area contributed by atoms with E-state index >= 15 is 0 Å². The monoisotopic (exact) mass is 305 g/mol. The molecule has 1 aromatic heterocycles. The quantitative estimate of drug-likeness (QED) is 0.757. The van der Waals surface area contributed by atoms with Crippen LogP contribution < -0.4 is 15.4 Å². The molecule has 0 aliphatic rings. The van der Waals surface area contributed by atoms with Crippen LogP contribution in [0.15, 0.2) is 34.9 Å². The van der Waals surface area contributed by atoms with Crippen LogP contribution in [0.3, 0.4) is 0 Å². The van der Waals surface area contributed by atoms with Crippen molar-refractivity contribution in [1.29, 1.82) is 0 Å². The number of aryl methyl sites for hydroxylation is 2. The van der Waals surface area contributed by atoms with Gasteiger partial charge in [-0.1, -0.05) is 17.3 Å². The van der Waals surface area contributed by atoms with Crippen LogP contribution in [0, 0.1) is 13.8 Å². The van der Waals surface area contributed by atoms with E-state index in [9.17, 15) is 9.90 Å². The van der Waals surface area contributed by atoms with Gasteiger partial charge in [0.05, 0.1) is 0 Å². The predicted octanol–water partition coefficient (Wildman–Crippen LogP) is 1.85. The molecule has 0 aliphatic heterocycles. The molecule has 0 unspecified atom stereocenters. The van der Waals surface area contributed by atoms with Crippen LogP contribution in [-0.2, 0) is 0 Å². The Kier molecular flexibility index (Phi) is 5.37. The first-order valence-electron chi connectivity index (χ1n) is 6.88. The number of nitrogens with zero attached hydrogens (tertiary/aromatic N) is 1. The van der Waals surface area contributed by atoms with E-state index in [0.29, 0.717) is 17.3 Å². The Balaban J connectivity index is 1.68. The number of ether oxygens (including phenoxy) is 1.